The third-order valence-electron chi connectivity index (χ3n) is 12.9. The molecule has 306 valence electrons. The Bertz CT molecular complexity index is 3150. The first-order valence-electron chi connectivity index (χ1n) is 22.2. The molecular weight excluding hydrogens is 755 g/mol. The van der Waals surface area contributed by atoms with Crippen molar-refractivity contribution in [2.24, 2.45) is 4.99 Å². The van der Waals surface area contributed by atoms with E-state index in [9.17, 15) is 0 Å². The van der Waals surface area contributed by atoms with Gasteiger partial charge in [-0.1, -0.05) is 153 Å². The summed E-state index contributed by atoms with van der Waals surface area (Å²) >= 11 is 0. The van der Waals surface area contributed by atoms with Crippen LogP contribution in [0.2, 0.25) is 0 Å². The number of amidine groups is 1. The minimum Gasteiger partial charge on any atom is -0.350 e. The van der Waals surface area contributed by atoms with Gasteiger partial charge in [0.15, 0.2) is 0 Å². The topological polar surface area (TPSA) is 46.3 Å². The van der Waals surface area contributed by atoms with Crippen LogP contribution in [0, 0.1) is 6.92 Å². The van der Waals surface area contributed by atoms with Crippen molar-refractivity contribution < 1.29 is 0 Å². The lowest BCUT2D eigenvalue weighted by Crippen LogP contribution is -2.44. The summed E-state index contributed by atoms with van der Waals surface area (Å²) in [5, 5.41) is 14.0. The van der Waals surface area contributed by atoms with Crippen molar-refractivity contribution in [3.05, 3.63) is 216 Å². The molecule has 1 aliphatic rings. The molecule has 10 rings (SSSR count). The first kappa shape index (κ1) is 39.2. The lowest BCUT2D eigenvalue weighted by molar-refractivity contribution is 0.409. The van der Waals surface area contributed by atoms with Crippen molar-refractivity contribution in [1.82, 2.24) is 19.8 Å². The van der Waals surface area contributed by atoms with Crippen LogP contribution in [0.1, 0.15) is 85.4 Å². The van der Waals surface area contributed by atoms with Crippen molar-refractivity contribution in [1.29, 1.82) is 0 Å². The smallest absolute Gasteiger partial charge is 0.131 e. The zero-order valence-electron chi connectivity index (χ0n) is 36.0. The van der Waals surface area contributed by atoms with E-state index >= 15 is 0 Å². The van der Waals surface area contributed by atoms with Crippen LogP contribution < -0.4 is 10.6 Å². The van der Waals surface area contributed by atoms with Gasteiger partial charge in [-0.05, 0) is 115 Å². The van der Waals surface area contributed by atoms with Crippen LogP contribution in [0.4, 0.5) is 0 Å². The molecule has 9 aromatic rings. The SMILES string of the molecule is C/C=C(\C=C/CC)n1c2ccc(C(CC)Cc3c(C)n(-c4ccc(C5N=C(c6ccccc6)NC(c6ccccc6)N5)cc4)c4ccccc34)cc2c2c3ccccc3ccc21. The summed E-state index contributed by atoms with van der Waals surface area (Å²) < 4.78 is 4.91. The van der Waals surface area contributed by atoms with Gasteiger partial charge in [0.25, 0.3) is 0 Å². The van der Waals surface area contributed by atoms with E-state index in [1.54, 1.807) is 0 Å². The van der Waals surface area contributed by atoms with Crippen LogP contribution in [0.25, 0.3) is 54.9 Å². The minimum atomic E-state index is -0.212. The molecule has 3 atom stereocenters. The Labute approximate surface area is 364 Å². The van der Waals surface area contributed by atoms with Crippen molar-refractivity contribution in [3.8, 4) is 5.69 Å². The fourth-order valence-electron chi connectivity index (χ4n) is 9.74. The number of allylic oxidation sites excluding steroid dienone is 4. The summed E-state index contributed by atoms with van der Waals surface area (Å²) in [6.07, 6.45) is 9.46. The number of benzene rings is 7. The molecule has 0 spiro atoms. The molecule has 0 bridgehead atoms. The predicted molar refractivity (Wildman–Crippen MR) is 262 cm³/mol. The summed E-state index contributed by atoms with van der Waals surface area (Å²) in [5.74, 6) is 1.23. The summed E-state index contributed by atoms with van der Waals surface area (Å²) in [6.45, 7) is 8.99. The number of aliphatic imine (C=N–C) groups is 1. The third-order valence-corrected chi connectivity index (χ3v) is 12.9. The maximum Gasteiger partial charge on any atom is 0.131 e. The number of hydrogen-bond acceptors (Lipinski definition) is 3. The fraction of sp³-hybridized carbons (Fsp3) is 0.175. The van der Waals surface area contributed by atoms with E-state index in [-0.39, 0.29) is 12.3 Å². The number of para-hydroxylation sites is 1. The second-order valence-electron chi connectivity index (χ2n) is 16.5. The van der Waals surface area contributed by atoms with Gasteiger partial charge < -0.3 is 14.5 Å². The van der Waals surface area contributed by atoms with Gasteiger partial charge in [0.2, 0.25) is 0 Å². The molecular formula is C57H53N5. The highest BCUT2D eigenvalue weighted by atomic mass is 15.3. The Balaban J connectivity index is 1.02. The van der Waals surface area contributed by atoms with Crippen molar-refractivity contribution in [2.45, 2.75) is 65.2 Å². The van der Waals surface area contributed by atoms with Crippen LogP contribution in [0.5, 0.6) is 0 Å². The molecule has 62 heavy (non-hydrogen) atoms. The van der Waals surface area contributed by atoms with Gasteiger partial charge in [-0.25, -0.2) is 4.99 Å². The first-order valence-corrected chi connectivity index (χ1v) is 22.2. The van der Waals surface area contributed by atoms with Gasteiger partial charge in [0, 0.05) is 38.8 Å². The second-order valence-corrected chi connectivity index (χ2v) is 16.5. The van der Waals surface area contributed by atoms with Crippen molar-refractivity contribution >= 4 is 55.0 Å². The van der Waals surface area contributed by atoms with E-state index in [0.29, 0.717) is 5.92 Å². The van der Waals surface area contributed by atoms with Crippen molar-refractivity contribution in [2.75, 3.05) is 0 Å². The molecule has 2 N–H and O–H groups in total. The number of nitrogens with one attached hydrogen (secondary N) is 2. The maximum absolute atomic E-state index is 5.20. The Kier molecular flexibility index (Phi) is 10.6. The molecule has 5 heteroatoms. The predicted octanol–water partition coefficient (Wildman–Crippen LogP) is 14.1. The van der Waals surface area contributed by atoms with Crippen LogP contribution in [0.15, 0.2) is 187 Å². The molecule has 0 saturated carbocycles. The molecule has 3 heterocycles. The van der Waals surface area contributed by atoms with Gasteiger partial charge in [-0.15, -0.1) is 0 Å². The van der Waals surface area contributed by atoms with Crippen molar-refractivity contribution in [3.63, 3.8) is 0 Å². The van der Waals surface area contributed by atoms with Crippen LogP contribution in [-0.4, -0.2) is 15.0 Å². The van der Waals surface area contributed by atoms with E-state index < -0.39 is 0 Å². The lowest BCUT2D eigenvalue weighted by atomic mass is 9.88. The highest BCUT2D eigenvalue weighted by Crippen LogP contribution is 2.40. The van der Waals surface area contributed by atoms with Crippen LogP contribution >= 0.6 is 0 Å². The number of aromatic nitrogens is 2. The maximum atomic E-state index is 5.20. The van der Waals surface area contributed by atoms with Gasteiger partial charge in [-0.3, -0.25) is 5.32 Å². The van der Waals surface area contributed by atoms with Crippen LogP contribution in [-0.2, 0) is 6.42 Å². The van der Waals surface area contributed by atoms with Gasteiger partial charge in [0.05, 0.1) is 16.6 Å². The summed E-state index contributed by atoms with van der Waals surface area (Å²) in [4.78, 5) is 5.20. The highest BCUT2D eigenvalue weighted by Gasteiger charge is 2.26. The minimum absolute atomic E-state index is 0.0782. The molecule has 2 aromatic heterocycles. The standard InChI is InChI=1S/C57H53N5/c1-5-8-24-45(7-3)62-52-34-31-44(37-50(52)54-47-25-16-15-19-40(47)30-35-53(54)62)39(6-2)36-49-38(4)61(51-27-18-17-26-48(49)51)46-32-28-43(29-33-46)57-59-55(41-20-11-9-12-21-41)58-56(60-57)42-22-13-10-14-23-42/h7-35,37,39,55,57,59H,5-6,36H2,1-4H3,(H,58,60)/b24-8-,45-7+. The molecule has 7 aromatic carbocycles. The van der Waals surface area contributed by atoms with Gasteiger partial charge >= 0.3 is 0 Å². The monoisotopic (exact) mass is 807 g/mol. The second kappa shape index (κ2) is 16.8. The number of hydrogen-bond donors (Lipinski definition) is 2. The fourth-order valence-corrected chi connectivity index (χ4v) is 9.74. The lowest BCUT2D eigenvalue weighted by Gasteiger charge is -2.32. The van der Waals surface area contributed by atoms with Crippen LogP contribution in [0.3, 0.4) is 0 Å². The Morgan fingerprint density at radius 3 is 2.16 bits per heavy atom. The third kappa shape index (κ3) is 7.02. The number of nitrogens with zero attached hydrogens (tertiary/aromatic N) is 3. The van der Waals surface area contributed by atoms with E-state index in [2.05, 4.69) is 223 Å². The largest absolute Gasteiger partial charge is 0.350 e. The summed E-state index contributed by atoms with van der Waals surface area (Å²) in [7, 11) is 0. The van der Waals surface area contributed by atoms with E-state index in [1.165, 1.54) is 71.6 Å². The van der Waals surface area contributed by atoms with Gasteiger partial charge in [0.1, 0.15) is 18.2 Å². The zero-order chi connectivity index (χ0) is 42.2. The Morgan fingerprint density at radius 1 is 0.694 bits per heavy atom. The average Bonchev–Trinajstić information content (AvgIpc) is 3.82. The molecule has 0 aliphatic carbocycles. The zero-order valence-corrected chi connectivity index (χ0v) is 36.0. The normalized spacial score (nSPS) is 16.4. The average molecular weight is 808 g/mol. The molecule has 0 saturated heterocycles. The molecule has 0 amide bonds. The summed E-state index contributed by atoms with van der Waals surface area (Å²) in [6, 6.07) is 59.6. The molecule has 5 nitrogen and oxygen atoms in total. The first-order chi connectivity index (χ1) is 30.5. The molecule has 0 fully saturated rings. The molecule has 3 unspecified atom stereocenters. The summed E-state index contributed by atoms with van der Waals surface area (Å²) in [5.41, 5.74) is 13.5. The van der Waals surface area contributed by atoms with Gasteiger partial charge in [-0.2, -0.15) is 0 Å². The quantitative estimate of drug-likeness (QED) is 0.128. The Hall–Kier alpha value is -6.95. The van der Waals surface area contributed by atoms with E-state index in [4.69, 9.17) is 4.99 Å². The number of rotatable bonds is 11. The number of fused-ring (bicyclic) bond motifs is 6. The van der Waals surface area contributed by atoms with E-state index in [1.807, 2.05) is 6.07 Å². The van der Waals surface area contributed by atoms with E-state index in [0.717, 1.165) is 41.9 Å². The molecule has 0 radical (unpaired) electrons. The molecule has 1 aliphatic heterocycles. The Morgan fingerprint density at radius 2 is 1.40 bits per heavy atom. The highest BCUT2D eigenvalue weighted by molar-refractivity contribution is 6.22.